The second-order valence-electron chi connectivity index (χ2n) is 5.52. The molecule has 4 heteroatoms. The van der Waals surface area contributed by atoms with Gasteiger partial charge in [-0.15, -0.1) is 0 Å². The lowest BCUT2D eigenvalue weighted by Gasteiger charge is -2.11. The fraction of sp³-hybridized carbons (Fsp3) is 0.471. The topological polar surface area (TPSA) is 47.3 Å². The van der Waals surface area contributed by atoms with Crippen molar-refractivity contribution in [2.45, 2.75) is 45.8 Å². The predicted molar refractivity (Wildman–Crippen MR) is 83.5 cm³/mol. The maximum absolute atomic E-state index is 10.3. The molecular weight excluding hydrogens is 264 g/mol. The third-order valence-corrected chi connectivity index (χ3v) is 3.33. The van der Waals surface area contributed by atoms with Crippen LogP contribution < -0.4 is 4.74 Å². The lowest BCUT2D eigenvalue weighted by molar-refractivity contribution is 0.176. The maximum Gasteiger partial charge on any atom is 0.119 e. The zero-order chi connectivity index (χ0) is 15.2. The van der Waals surface area contributed by atoms with E-state index in [1.54, 1.807) is 0 Å². The first kappa shape index (κ1) is 15.6. The van der Waals surface area contributed by atoms with E-state index >= 15 is 0 Å². The Bertz CT molecular complexity index is 546. The summed E-state index contributed by atoms with van der Waals surface area (Å²) >= 11 is 0. The largest absolute Gasteiger partial charge is 0.494 e. The predicted octanol–water partition coefficient (Wildman–Crippen LogP) is 3.53. The molecule has 2 rings (SSSR count). The van der Waals surface area contributed by atoms with Crippen molar-refractivity contribution in [3.8, 4) is 5.75 Å². The molecule has 0 fully saturated rings. The Kier molecular flexibility index (Phi) is 5.39. The Morgan fingerprint density at radius 1 is 1.19 bits per heavy atom. The van der Waals surface area contributed by atoms with Gasteiger partial charge in [-0.05, 0) is 44.0 Å². The first-order chi connectivity index (χ1) is 10.1. The SMILES string of the molecule is CCCOc1ccc(C(O)Cc2ccn(C(C)C)n2)cc1. The number of ether oxygens (including phenoxy) is 1. The lowest BCUT2D eigenvalue weighted by Crippen LogP contribution is -2.05. The van der Waals surface area contributed by atoms with E-state index in [1.165, 1.54) is 0 Å². The molecule has 0 saturated heterocycles. The van der Waals surface area contributed by atoms with Gasteiger partial charge in [0.15, 0.2) is 0 Å². The molecule has 0 spiro atoms. The van der Waals surface area contributed by atoms with Crippen LogP contribution in [-0.2, 0) is 6.42 Å². The quantitative estimate of drug-likeness (QED) is 0.848. The molecule has 1 N–H and O–H groups in total. The number of hydrogen-bond donors (Lipinski definition) is 1. The van der Waals surface area contributed by atoms with Crippen LogP contribution in [0.5, 0.6) is 5.75 Å². The highest BCUT2D eigenvalue weighted by Crippen LogP contribution is 2.21. The number of rotatable bonds is 7. The third-order valence-electron chi connectivity index (χ3n) is 3.33. The van der Waals surface area contributed by atoms with Gasteiger partial charge in [0.1, 0.15) is 5.75 Å². The summed E-state index contributed by atoms with van der Waals surface area (Å²) in [6, 6.07) is 9.93. The lowest BCUT2D eigenvalue weighted by atomic mass is 10.1. The molecule has 1 heterocycles. The molecular formula is C17H24N2O2. The summed E-state index contributed by atoms with van der Waals surface area (Å²) in [6.45, 7) is 6.97. The fourth-order valence-corrected chi connectivity index (χ4v) is 2.10. The average Bonchev–Trinajstić information content (AvgIpc) is 2.94. The van der Waals surface area contributed by atoms with E-state index in [2.05, 4.69) is 25.9 Å². The normalized spacial score (nSPS) is 12.6. The number of nitrogens with zero attached hydrogens (tertiary/aromatic N) is 2. The van der Waals surface area contributed by atoms with Crippen LogP contribution in [0.4, 0.5) is 0 Å². The van der Waals surface area contributed by atoms with Crippen LogP contribution in [0.25, 0.3) is 0 Å². The minimum Gasteiger partial charge on any atom is -0.494 e. The summed E-state index contributed by atoms with van der Waals surface area (Å²) in [7, 11) is 0. The first-order valence-corrected chi connectivity index (χ1v) is 7.55. The molecule has 0 amide bonds. The molecule has 0 radical (unpaired) electrons. The van der Waals surface area contributed by atoms with Crippen LogP contribution in [0, 0.1) is 0 Å². The zero-order valence-corrected chi connectivity index (χ0v) is 13.0. The van der Waals surface area contributed by atoms with Crippen LogP contribution in [0.1, 0.15) is 50.6 Å². The number of benzene rings is 1. The summed E-state index contributed by atoms with van der Waals surface area (Å²) in [5.74, 6) is 0.844. The van der Waals surface area contributed by atoms with Crippen molar-refractivity contribution >= 4 is 0 Å². The summed E-state index contributed by atoms with van der Waals surface area (Å²) in [5, 5.41) is 14.8. The second kappa shape index (κ2) is 7.27. The number of hydrogen-bond acceptors (Lipinski definition) is 3. The van der Waals surface area contributed by atoms with E-state index in [0.29, 0.717) is 19.1 Å². The fourth-order valence-electron chi connectivity index (χ4n) is 2.10. The van der Waals surface area contributed by atoms with Gasteiger partial charge in [-0.2, -0.15) is 5.10 Å². The van der Waals surface area contributed by atoms with Crippen LogP contribution in [0.15, 0.2) is 36.5 Å². The highest BCUT2D eigenvalue weighted by Gasteiger charge is 2.11. The molecule has 4 nitrogen and oxygen atoms in total. The van der Waals surface area contributed by atoms with Gasteiger partial charge in [-0.25, -0.2) is 0 Å². The molecule has 1 aromatic carbocycles. The Morgan fingerprint density at radius 2 is 1.90 bits per heavy atom. The number of aliphatic hydroxyl groups is 1. The van der Waals surface area contributed by atoms with Gasteiger partial charge >= 0.3 is 0 Å². The molecule has 2 aromatic rings. The van der Waals surface area contributed by atoms with E-state index in [9.17, 15) is 5.11 Å². The monoisotopic (exact) mass is 288 g/mol. The zero-order valence-electron chi connectivity index (χ0n) is 13.0. The molecule has 114 valence electrons. The van der Waals surface area contributed by atoms with E-state index in [1.807, 2.05) is 41.2 Å². The smallest absolute Gasteiger partial charge is 0.119 e. The van der Waals surface area contributed by atoms with Gasteiger partial charge in [-0.1, -0.05) is 19.1 Å². The minimum atomic E-state index is -0.541. The highest BCUT2D eigenvalue weighted by atomic mass is 16.5. The molecule has 1 aromatic heterocycles. The standard InChI is InChI=1S/C17H24N2O2/c1-4-11-21-16-7-5-14(6-8-16)17(20)12-15-9-10-19(18-15)13(2)3/h5-10,13,17,20H,4,11-12H2,1-3H3. The molecule has 0 aliphatic carbocycles. The Balaban J connectivity index is 1.97. The van der Waals surface area contributed by atoms with Gasteiger partial charge in [-0.3, -0.25) is 4.68 Å². The first-order valence-electron chi connectivity index (χ1n) is 7.55. The van der Waals surface area contributed by atoms with Crippen LogP contribution in [-0.4, -0.2) is 21.5 Å². The summed E-state index contributed by atoms with van der Waals surface area (Å²) in [6.07, 6.45) is 2.92. The molecule has 1 atom stereocenters. The Hall–Kier alpha value is -1.81. The Morgan fingerprint density at radius 3 is 2.48 bits per heavy atom. The third kappa shape index (κ3) is 4.33. The highest BCUT2D eigenvalue weighted by molar-refractivity contribution is 5.29. The molecule has 1 unspecified atom stereocenters. The maximum atomic E-state index is 10.3. The summed E-state index contributed by atoms with van der Waals surface area (Å²) < 4.78 is 7.45. The average molecular weight is 288 g/mol. The van der Waals surface area contributed by atoms with Crippen molar-refractivity contribution < 1.29 is 9.84 Å². The van der Waals surface area contributed by atoms with Crippen molar-refractivity contribution in [2.24, 2.45) is 0 Å². The molecule has 21 heavy (non-hydrogen) atoms. The Labute approximate surface area is 126 Å². The summed E-state index contributed by atoms with van der Waals surface area (Å²) in [5.41, 5.74) is 1.79. The van der Waals surface area contributed by atoms with Gasteiger partial charge in [0.2, 0.25) is 0 Å². The van der Waals surface area contributed by atoms with Gasteiger partial charge in [0.25, 0.3) is 0 Å². The number of aromatic nitrogens is 2. The molecule has 0 aliphatic heterocycles. The van der Waals surface area contributed by atoms with Crippen molar-refractivity contribution in [3.05, 3.63) is 47.8 Å². The van der Waals surface area contributed by atoms with E-state index in [4.69, 9.17) is 4.74 Å². The van der Waals surface area contributed by atoms with Crippen LogP contribution in [0.3, 0.4) is 0 Å². The van der Waals surface area contributed by atoms with Crippen molar-refractivity contribution in [1.29, 1.82) is 0 Å². The van der Waals surface area contributed by atoms with Crippen molar-refractivity contribution in [1.82, 2.24) is 9.78 Å². The van der Waals surface area contributed by atoms with Crippen molar-refractivity contribution in [3.63, 3.8) is 0 Å². The van der Waals surface area contributed by atoms with Crippen LogP contribution in [0.2, 0.25) is 0 Å². The molecule has 0 aliphatic rings. The van der Waals surface area contributed by atoms with Gasteiger partial charge in [0, 0.05) is 18.7 Å². The van der Waals surface area contributed by atoms with E-state index in [-0.39, 0.29) is 0 Å². The second-order valence-corrected chi connectivity index (χ2v) is 5.52. The van der Waals surface area contributed by atoms with Crippen LogP contribution >= 0.6 is 0 Å². The summed E-state index contributed by atoms with van der Waals surface area (Å²) in [4.78, 5) is 0. The molecule has 0 bridgehead atoms. The van der Waals surface area contributed by atoms with Gasteiger partial charge in [0.05, 0.1) is 18.4 Å². The number of aliphatic hydroxyl groups excluding tert-OH is 1. The van der Waals surface area contributed by atoms with E-state index < -0.39 is 6.10 Å². The van der Waals surface area contributed by atoms with Gasteiger partial charge < -0.3 is 9.84 Å². The van der Waals surface area contributed by atoms with Crippen molar-refractivity contribution in [2.75, 3.05) is 6.61 Å². The van der Waals surface area contributed by atoms with E-state index in [0.717, 1.165) is 23.4 Å². The molecule has 0 saturated carbocycles. The minimum absolute atomic E-state index is 0.339.